The molecule has 1 N–H and O–H groups in total. The first-order valence-electron chi connectivity index (χ1n) is 6.58. The zero-order valence-electron chi connectivity index (χ0n) is 10.7. The molecule has 1 aliphatic carbocycles. The van der Waals surface area contributed by atoms with Crippen molar-refractivity contribution in [2.24, 2.45) is 5.92 Å². The number of anilines is 1. The van der Waals surface area contributed by atoms with Crippen LogP contribution in [0.15, 0.2) is 24.3 Å². The Labute approximate surface area is 114 Å². The van der Waals surface area contributed by atoms with Gasteiger partial charge in [-0.05, 0) is 49.8 Å². The fraction of sp³-hybridized carbons (Fsp3) is 0.533. The predicted molar refractivity (Wildman–Crippen MR) is 75.7 cm³/mol. The van der Waals surface area contributed by atoms with Crippen LogP contribution in [0.3, 0.4) is 0 Å². The van der Waals surface area contributed by atoms with Crippen LogP contribution in [-0.4, -0.2) is 5.54 Å². The first-order valence-corrected chi connectivity index (χ1v) is 6.96. The fourth-order valence-electron chi connectivity index (χ4n) is 2.62. The second kappa shape index (κ2) is 5.63. The van der Waals surface area contributed by atoms with Crippen LogP contribution in [0, 0.1) is 17.2 Å². The highest BCUT2D eigenvalue weighted by Crippen LogP contribution is 2.33. The first kappa shape index (κ1) is 13.2. The van der Waals surface area contributed by atoms with E-state index in [9.17, 15) is 5.26 Å². The summed E-state index contributed by atoms with van der Waals surface area (Å²) in [7, 11) is 0. The minimum Gasteiger partial charge on any atom is -0.367 e. The van der Waals surface area contributed by atoms with E-state index in [1.165, 1.54) is 6.42 Å². The van der Waals surface area contributed by atoms with Crippen molar-refractivity contribution < 1.29 is 0 Å². The van der Waals surface area contributed by atoms with Gasteiger partial charge in [-0.2, -0.15) is 5.26 Å². The van der Waals surface area contributed by atoms with Crippen LogP contribution in [0.1, 0.15) is 39.0 Å². The third-order valence-corrected chi connectivity index (χ3v) is 4.02. The van der Waals surface area contributed by atoms with Crippen molar-refractivity contribution in [3.8, 4) is 6.07 Å². The number of hydrogen-bond acceptors (Lipinski definition) is 2. The maximum Gasteiger partial charge on any atom is 0.125 e. The lowest BCUT2D eigenvalue weighted by Crippen LogP contribution is -2.36. The smallest absolute Gasteiger partial charge is 0.125 e. The Morgan fingerprint density at radius 2 is 2.22 bits per heavy atom. The molecule has 0 aliphatic heterocycles. The Bertz CT molecular complexity index is 452. The quantitative estimate of drug-likeness (QED) is 0.790. The average Bonchev–Trinajstić information content (AvgIpc) is 2.53. The van der Waals surface area contributed by atoms with Crippen molar-refractivity contribution in [2.75, 3.05) is 5.32 Å². The molecule has 18 heavy (non-hydrogen) atoms. The van der Waals surface area contributed by atoms with Gasteiger partial charge in [0.25, 0.3) is 0 Å². The third kappa shape index (κ3) is 3.17. The largest absolute Gasteiger partial charge is 0.367 e. The lowest BCUT2D eigenvalue weighted by molar-refractivity contribution is 0.479. The van der Waals surface area contributed by atoms with Crippen molar-refractivity contribution in [2.45, 2.75) is 44.6 Å². The van der Waals surface area contributed by atoms with Crippen LogP contribution in [0.25, 0.3) is 0 Å². The number of nitriles is 1. The van der Waals surface area contributed by atoms with Crippen LogP contribution in [0.2, 0.25) is 5.02 Å². The van der Waals surface area contributed by atoms with Gasteiger partial charge < -0.3 is 5.32 Å². The molecule has 1 aromatic carbocycles. The van der Waals surface area contributed by atoms with Crippen LogP contribution < -0.4 is 5.32 Å². The maximum atomic E-state index is 9.54. The molecule has 1 aromatic rings. The highest BCUT2D eigenvalue weighted by molar-refractivity contribution is 6.30. The minimum atomic E-state index is -0.421. The second-order valence-corrected chi connectivity index (χ2v) is 5.80. The lowest BCUT2D eigenvalue weighted by atomic mass is 9.91. The van der Waals surface area contributed by atoms with Gasteiger partial charge in [0.05, 0.1) is 6.07 Å². The van der Waals surface area contributed by atoms with Crippen LogP contribution in [-0.2, 0) is 0 Å². The second-order valence-electron chi connectivity index (χ2n) is 5.37. The minimum absolute atomic E-state index is 0.421. The molecule has 0 aromatic heterocycles. The Kier molecular flexibility index (Phi) is 4.14. The number of halogens is 1. The zero-order valence-corrected chi connectivity index (χ0v) is 11.5. The molecular formula is C15H19ClN2. The molecule has 0 radical (unpaired) electrons. The summed E-state index contributed by atoms with van der Waals surface area (Å²) in [5.74, 6) is 0.724. The van der Waals surface area contributed by atoms with Gasteiger partial charge in [-0.1, -0.05) is 31.0 Å². The molecule has 1 fully saturated rings. The monoisotopic (exact) mass is 262 g/mol. The molecule has 0 bridgehead atoms. The number of rotatable bonds is 2. The normalized spacial score (nSPS) is 28.2. The molecule has 2 unspecified atom stereocenters. The summed E-state index contributed by atoms with van der Waals surface area (Å²) >= 11 is 5.98. The van der Waals surface area contributed by atoms with Crippen LogP contribution >= 0.6 is 11.6 Å². The lowest BCUT2D eigenvalue weighted by Gasteiger charge is -2.27. The molecule has 0 spiro atoms. The predicted octanol–water partition coefficient (Wildman–Crippen LogP) is 4.61. The molecule has 0 amide bonds. The van der Waals surface area contributed by atoms with Crippen molar-refractivity contribution in [3.05, 3.63) is 29.3 Å². The molecule has 1 aliphatic rings. The third-order valence-electron chi connectivity index (χ3n) is 3.79. The van der Waals surface area contributed by atoms with E-state index in [1.54, 1.807) is 0 Å². The summed E-state index contributed by atoms with van der Waals surface area (Å²) in [6.07, 6.45) is 5.28. The average molecular weight is 263 g/mol. The van der Waals surface area contributed by atoms with Gasteiger partial charge in [-0.15, -0.1) is 0 Å². The number of nitrogens with one attached hydrogen (secondary N) is 1. The van der Waals surface area contributed by atoms with Crippen molar-refractivity contribution in [1.29, 1.82) is 5.26 Å². The van der Waals surface area contributed by atoms with Gasteiger partial charge in [-0.25, -0.2) is 0 Å². The Hall–Kier alpha value is -1.20. The van der Waals surface area contributed by atoms with E-state index < -0.39 is 5.54 Å². The summed E-state index contributed by atoms with van der Waals surface area (Å²) in [6.45, 7) is 2.27. The molecule has 1 saturated carbocycles. The van der Waals surface area contributed by atoms with Gasteiger partial charge in [0.2, 0.25) is 0 Å². The van der Waals surface area contributed by atoms with E-state index in [0.717, 1.165) is 37.3 Å². The maximum absolute atomic E-state index is 9.54. The summed E-state index contributed by atoms with van der Waals surface area (Å²) in [6, 6.07) is 10.1. The topological polar surface area (TPSA) is 35.8 Å². The summed E-state index contributed by atoms with van der Waals surface area (Å²) in [5.41, 5.74) is 0.522. The molecule has 2 rings (SSSR count). The van der Waals surface area contributed by atoms with Gasteiger partial charge in [-0.3, -0.25) is 0 Å². The van der Waals surface area contributed by atoms with E-state index in [1.807, 2.05) is 24.3 Å². The number of hydrogen-bond donors (Lipinski definition) is 1. The van der Waals surface area contributed by atoms with E-state index >= 15 is 0 Å². The van der Waals surface area contributed by atoms with Crippen LogP contribution in [0.4, 0.5) is 5.69 Å². The summed E-state index contributed by atoms with van der Waals surface area (Å²) in [4.78, 5) is 0. The molecule has 0 saturated heterocycles. The SMILES string of the molecule is CC1CCCC(C#N)(Nc2cccc(Cl)c2)CC1. The first-order chi connectivity index (χ1) is 8.63. The standard InChI is InChI=1S/C15H19ClN2/c1-12-4-3-8-15(11-17,9-7-12)18-14-6-2-5-13(16)10-14/h2,5-6,10,12,18H,3-4,7-9H2,1H3. The molecule has 3 heteroatoms. The fourth-order valence-corrected chi connectivity index (χ4v) is 2.81. The highest BCUT2D eigenvalue weighted by atomic mass is 35.5. The molecule has 2 atom stereocenters. The van der Waals surface area contributed by atoms with E-state index in [4.69, 9.17) is 11.6 Å². The van der Waals surface area contributed by atoms with E-state index in [0.29, 0.717) is 5.02 Å². The Morgan fingerprint density at radius 3 is 2.94 bits per heavy atom. The van der Waals surface area contributed by atoms with Gasteiger partial charge >= 0.3 is 0 Å². The van der Waals surface area contributed by atoms with Crippen molar-refractivity contribution >= 4 is 17.3 Å². The van der Waals surface area contributed by atoms with Crippen LogP contribution in [0.5, 0.6) is 0 Å². The Morgan fingerprint density at radius 1 is 1.39 bits per heavy atom. The van der Waals surface area contributed by atoms with Crippen molar-refractivity contribution in [3.63, 3.8) is 0 Å². The Balaban J connectivity index is 2.15. The molecular weight excluding hydrogens is 244 g/mol. The van der Waals surface area contributed by atoms with Gasteiger partial charge in [0.15, 0.2) is 0 Å². The molecule has 0 heterocycles. The number of benzene rings is 1. The van der Waals surface area contributed by atoms with E-state index in [-0.39, 0.29) is 0 Å². The molecule has 2 nitrogen and oxygen atoms in total. The van der Waals surface area contributed by atoms with Crippen molar-refractivity contribution in [1.82, 2.24) is 0 Å². The highest BCUT2D eigenvalue weighted by Gasteiger charge is 2.32. The molecule has 96 valence electrons. The van der Waals surface area contributed by atoms with Gasteiger partial charge in [0, 0.05) is 10.7 Å². The summed E-state index contributed by atoms with van der Waals surface area (Å²) in [5, 5.41) is 13.6. The van der Waals surface area contributed by atoms with E-state index in [2.05, 4.69) is 18.3 Å². The number of nitrogens with zero attached hydrogens (tertiary/aromatic N) is 1. The zero-order chi connectivity index (χ0) is 13.0. The van der Waals surface area contributed by atoms with Gasteiger partial charge in [0.1, 0.15) is 5.54 Å². The summed E-state index contributed by atoms with van der Waals surface area (Å²) < 4.78 is 0.